The van der Waals surface area contributed by atoms with Gasteiger partial charge in [0.15, 0.2) is 0 Å². The molecule has 128 valence electrons. The Morgan fingerprint density at radius 1 is 1.39 bits per heavy atom. The summed E-state index contributed by atoms with van der Waals surface area (Å²) in [6.45, 7) is 4.40. The molecular weight excluding hydrogens is 316 g/mol. The van der Waals surface area contributed by atoms with E-state index in [0.717, 1.165) is 19.3 Å². The van der Waals surface area contributed by atoms with Crippen LogP contribution in [0.15, 0.2) is 23.1 Å². The van der Waals surface area contributed by atoms with Gasteiger partial charge in [0, 0.05) is 20.0 Å². The van der Waals surface area contributed by atoms with Crippen LogP contribution in [-0.2, 0) is 14.8 Å². The standard InChI is InChI=1S/C16H24N2O4S/c1-4-9-18(11-13-5-6-13)23(20,21)14-7-8-16(22-3)15(10-14)17-12(2)19/h7-8,10,13H,4-6,9,11H2,1-3H3,(H,17,19). The van der Waals surface area contributed by atoms with E-state index in [1.165, 1.54) is 26.2 Å². The van der Waals surface area contributed by atoms with E-state index in [0.29, 0.717) is 30.4 Å². The number of sulfonamides is 1. The Morgan fingerprint density at radius 2 is 2.09 bits per heavy atom. The average molecular weight is 340 g/mol. The van der Waals surface area contributed by atoms with Gasteiger partial charge in [-0.3, -0.25) is 4.79 Å². The van der Waals surface area contributed by atoms with Crippen molar-refractivity contribution in [1.29, 1.82) is 0 Å². The summed E-state index contributed by atoms with van der Waals surface area (Å²) in [5.74, 6) is 0.633. The molecule has 0 unspecified atom stereocenters. The summed E-state index contributed by atoms with van der Waals surface area (Å²) in [7, 11) is -2.10. The van der Waals surface area contributed by atoms with Crippen LogP contribution in [0.5, 0.6) is 5.75 Å². The summed E-state index contributed by atoms with van der Waals surface area (Å²) in [6, 6.07) is 4.56. The number of hydrogen-bond donors (Lipinski definition) is 1. The molecule has 0 aliphatic heterocycles. The van der Waals surface area contributed by atoms with Crippen LogP contribution < -0.4 is 10.1 Å². The van der Waals surface area contributed by atoms with Crippen molar-refractivity contribution in [2.24, 2.45) is 5.92 Å². The molecule has 7 heteroatoms. The molecule has 1 N–H and O–H groups in total. The number of methoxy groups -OCH3 is 1. The van der Waals surface area contributed by atoms with Gasteiger partial charge in [-0.2, -0.15) is 4.31 Å². The highest BCUT2D eigenvalue weighted by molar-refractivity contribution is 7.89. The van der Waals surface area contributed by atoms with Gasteiger partial charge in [0.2, 0.25) is 15.9 Å². The molecule has 0 bridgehead atoms. The highest BCUT2D eigenvalue weighted by Gasteiger charge is 2.31. The second-order valence-corrected chi connectivity index (χ2v) is 7.79. The van der Waals surface area contributed by atoms with E-state index in [1.54, 1.807) is 10.4 Å². The smallest absolute Gasteiger partial charge is 0.243 e. The van der Waals surface area contributed by atoms with Crippen molar-refractivity contribution in [2.75, 3.05) is 25.5 Å². The van der Waals surface area contributed by atoms with E-state index in [2.05, 4.69) is 5.32 Å². The van der Waals surface area contributed by atoms with Gasteiger partial charge in [-0.1, -0.05) is 6.92 Å². The van der Waals surface area contributed by atoms with Gasteiger partial charge in [-0.25, -0.2) is 8.42 Å². The third-order valence-electron chi connectivity index (χ3n) is 3.75. The summed E-state index contributed by atoms with van der Waals surface area (Å²) in [5, 5.41) is 2.61. The zero-order valence-electron chi connectivity index (χ0n) is 13.8. The van der Waals surface area contributed by atoms with Crippen LogP contribution >= 0.6 is 0 Å². The Morgan fingerprint density at radius 3 is 2.61 bits per heavy atom. The number of hydrogen-bond acceptors (Lipinski definition) is 4. The van der Waals surface area contributed by atoms with Gasteiger partial charge >= 0.3 is 0 Å². The van der Waals surface area contributed by atoms with Crippen LogP contribution in [0.1, 0.15) is 33.1 Å². The molecule has 1 aromatic rings. The van der Waals surface area contributed by atoms with Gasteiger partial charge in [0.1, 0.15) is 5.75 Å². The molecule has 1 fully saturated rings. The van der Waals surface area contributed by atoms with E-state index in [1.807, 2.05) is 6.92 Å². The minimum absolute atomic E-state index is 0.177. The first kappa shape index (κ1) is 17.7. The molecule has 1 amide bonds. The summed E-state index contributed by atoms with van der Waals surface area (Å²) < 4.78 is 32.5. The molecule has 1 aliphatic rings. The molecule has 1 aliphatic carbocycles. The minimum Gasteiger partial charge on any atom is -0.495 e. The Balaban J connectivity index is 2.34. The van der Waals surface area contributed by atoms with Crippen LogP contribution in [0.25, 0.3) is 0 Å². The van der Waals surface area contributed by atoms with Crippen LogP contribution in [-0.4, -0.2) is 38.8 Å². The quantitative estimate of drug-likeness (QED) is 0.789. The molecule has 1 aromatic carbocycles. The fourth-order valence-electron chi connectivity index (χ4n) is 2.43. The van der Waals surface area contributed by atoms with E-state index in [-0.39, 0.29) is 10.8 Å². The zero-order valence-corrected chi connectivity index (χ0v) is 14.6. The van der Waals surface area contributed by atoms with E-state index in [4.69, 9.17) is 4.74 Å². The van der Waals surface area contributed by atoms with E-state index in [9.17, 15) is 13.2 Å². The number of nitrogens with one attached hydrogen (secondary N) is 1. The van der Waals surface area contributed by atoms with Gasteiger partial charge in [-0.15, -0.1) is 0 Å². The lowest BCUT2D eigenvalue weighted by Gasteiger charge is -2.22. The van der Waals surface area contributed by atoms with Crippen LogP contribution in [0.4, 0.5) is 5.69 Å². The summed E-state index contributed by atoms with van der Waals surface area (Å²) in [5.41, 5.74) is 0.365. The third-order valence-corrected chi connectivity index (χ3v) is 5.61. The number of amides is 1. The molecule has 0 heterocycles. The number of ether oxygens (including phenoxy) is 1. The summed E-state index contributed by atoms with van der Waals surface area (Å²) in [4.78, 5) is 11.5. The topological polar surface area (TPSA) is 75.7 Å². The van der Waals surface area contributed by atoms with E-state index >= 15 is 0 Å². The maximum Gasteiger partial charge on any atom is 0.243 e. The number of anilines is 1. The predicted octanol–water partition coefficient (Wildman–Crippen LogP) is 2.46. The minimum atomic E-state index is -3.58. The monoisotopic (exact) mass is 340 g/mol. The molecule has 23 heavy (non-hydrogen) atoms. The van der Waals surface area contributed by atoms with Crippen molar-refractivity contribution >= 4 is 21.6 Å². The van der Waals surface area contributed by atoms with Crippen molar-refractivity contribution in [3.8, 4) is 5.75 Å². The normalized spacial score (nSPS) is 14.8. The van der Waals surface area contributed by atoms with Crippen molar-refractivity contribution in [1.82, 2.24) is 4.31 Å². The highest BCUT2D eigenvalue weighted by Crippen LogP contribution is 2.33. The maximum atomic E-state index is 12.9. The third kappa shape index (κ3) is 4.45. The number of carbonyl (C=O) groups is 1. The number of rotatable bonds is 8. The lowest BCUT2D eigenvalue weighted by molar-refractivity contribution is -0.114. The lowest BCUT2D eigenvalue weighted by atomic mass is 10.3. The Labute approximate surface area is 137 Å². The predicted molar refractivity (Wildman–Crippen MR) is 89.1 cm³/mol. The van der Waals surface area contributed by atoms with Gasteiger partial charge in [0.25, 0.3) is 0 Å². The second kappa shape index (κ2) is 7.31. The molecule has 6 nitrogen and oxygen atoms in total. The van der Waals surface area contributed by atoms with Crippen LogP contribution in [0.3, 0.4) is 0 Å². The molecule has 0 aromatic heterocycles. The van der Waals surface area contributed by atoms with Crippen molar-refractivity contribution < 1.29 is 17.9 Å². The molecule has 0 saturated heterocycles. The molecule has 0 spiro atoms. The molecule has 0 radical (unpaired) electrons. The van der Waals surface area contributed by atoms with Crippen molar-refractivity contribution in [3.05, 3.63) is 18.2 Å². The van der Waals surface area contributed by atoms with Gasteiger partial charge in [-0.05, 0) is 43.4 Å². The lowest BCUT2D eigenvalue weighted by Crippen LogP contribution is -2.33. The van der Waals surface area contributed by atoms with Crippen molar-refractivity contribution in [2.45, 2.75) is 38.0 Å². The molecule has 2 rings (SSSR count). The Hall–Kier alpha value is -1.60. The molecule has 1 saturated carbocycles. The maximum absolute atomic E-state index is 12.9. The van der Waals surface area contributed by atoms with Gasteiger partial charge in [0.05, 0.1) is 17.7 Å². The number of benzene rings is 1. The Kier molecular flexibility index (Phi) is 5.64. The Bertz CT molecular complexity index is 669. The largest absolute Gasteiger partial charge is 0.495 e. The first-order valence-corrected chi connectivity index (χ1v) is 9.28. The first-order valence-electron chi connectivity index (χ1n) is 7.84. The second-order valence-electron chi connectivity index (χ2n) is 5.85. The number of nitrogens with zero attached hydrogens (tertiary/aromatic N) is 1. The van der Waals surface area contributed by atoms with Crippen LogP contribution in [0, 0.1) is 5.92 Å². The SMILES string of the molecule is CCCN(CC1CC1)S(=O)(=O)c1ccc(OC)c(NC(C)=O)c1. The summed E-state index contributed by atoms with van der Waals surface area (Å²) >= 11 is 0. The van der Waals surface area contributed by atoms with Gasteiger partial charge < -0.3 is 10.1 Å². The van der Waals surface area contributed by atoms with Crippen molar-refractivity contribution in [3.63, 3.8) is 0 Å². The molecular formula is C16H24N2O4S. The molecule has 0 atom stereocenters. The fraction of sp³-hybridized carbons (Fsp3) is 0.562. The first-order chi connectivity index (χ1) is 10.9. The highest BCUT2D eigenvalue weighted by atomic mass is 32.2. The summed E-state index contributed by atoms with van der Waals surface area (Å²) in [6.07, 6.45) is 2.95. The average Bonchev–Trinajstić information content (AvgIpc) is 3.30. The van der Waals surface area contributed by atoms with E-state index < -0.39 is 10.0 Å². The zero-order chi connectivity index (χ0) is 17.0. The number of carbonyl (C=O) groups excluding carboxylic acids is 1. The fourth-order valence-corrected chi connectivity index (χ4v) is 4.07. The van der Waals surface area contributed by atoms with Crippen LogP contribution in [0.2, 0.25) is 0 Å².